The molecule has 7 nitrogen and oxygen atoms in total. The van der Waals surface area contributed by atoms with E-state index in [2.05, 4.69) is 11.4 Å². The maximum atomic E-state index is 13.5. The second-order valence-electron chi connectivity index (χ2n) is 9.51. The van der Waals surface area contributed by atoms with Gasteiger partial charge in [-0.15, -0.1) is 0 Å². The van der Waals surface area contributed by atoms with Crippen LogP contribution in [0.25, 0.3) is 22.6 Å². The number of hydrogen-bond donors (Lipinski definition) is 1. The number of ether oxygens (including phenoxy) is 3. The number of methoxy groups -OCH3 is 2. The van der Waals surface area contributed by atoms with E-state index in [4.69, 9.17) is 30.8 Å². The van der Waals surface area contributed by atoms with Crippen molar-refractivity contribution in [2.75, 3.05) is 26.1 Å². The van der Waals surface area contributed by atoms with Crippen LogP contribution in [-0.2, 0) is 16.0 Å². The third-order valence-corrected chi connectivity index (χ3v) is 7.41. The van der Waals surface area contributed by atoms with Crippen LogP contribution in [0.15, 0.2) is 60.7 Å². The maximum Gasteiger partial charge on any atom is 0.339 e. The average molecular weight is 557 g/mol. The van der Waals surface area contributed by atoms with Crippen molar-refractivity contribution in [3.05, 3.63) is 93.6 Å². The van der Waals surface area contributed by atoms with E-state index < -0.39 is 18.5 Å². The highest BCUT2D eigenvalue weighted by molar-refractivity contribution is 6.31. The normalized spacial score (nSPS) is 13.6. The fourth-order valence-electron chi connectivity index (χ4n) is 4.98. The first kappa shape index (κ1) is 27.2. The Labute approximate surface area is 237 Å². The minimum Gasteiger partial charge on any atom is -0.493 e. The van der Waals surface area contributed by atoms with E-state index in [1.54, 1.807) is 32.4 Å². The highest BCUT2D eigenvalue weighted by Gasteiger charge is 2.26. The molecule has 3 aromatic carbocycles. The van der Waals surface area contributed by atoms with Gasteiger partial charge in [0, 0.05) is 16.1 Å². The predicted octanol–water partition coefficient (Wildman–Crippen LogP) is 6.89. The molecule has 204 valence electrons. The van der Waals surface area contributed by atoms with E-state index >= 15 is 0 Å². The summed E-state index contributed by atoms with van der Waals surface area (Å²) in [4.78, 5) is 31.1. The standard InChI is InChI=1S/C32H29ClN2O5/c1-19-24(33)11-7-13-25(19)34-29(36)18-40-32(37)30-22-9-4-5-12-26(22)35-31-21(8-6-10-23(30)31)16-20-14-15-27(38-2)28(17-20)39-3/h4-5,7,9,11-17H,6,8,10,18H2,1-3H3,(H,34,36). The summed E-state index contributed by atoms with van der Waals surface area (Å²) in [5.41, 5.74) is 6.00. The highest BCUT2D eigenvalue weighted by atomic mass is 35.5. The zero-order valence-electron chi connectivity index (χ0n) is 22.5. The number of benzene rings is 3. The molecule has 0 bridgehead atoms. The second kappa shape index (κ2) is 11.8. The molecule has 0 unspecified atom stereocenters. The number of anilines is 1. The first-order valence-electron chi connectivity index (χ1n) is 13.0. The van der Waals surface area contributed by atoms with Gasteiger partial charge in [0.05, 0.1) is 31.0 Å². The van der Waals surface area contributed by atoms with Crippen LogP contribution >= 0.6 is 11.6 Å². The Morgan fingerprint density at radius 1 is 1.00 bits per heavy atom. The number of amides is 1. The summed E-state index contributed by atoms with van der Waals surface area (Å²) in [5.74, 6) is 0.285. The number of hydrogen-bond acceptors (Lipinski definition) is 6. The molecule has 0 atom stereocenters. The molecular weight excluding hydrogens is 528 g/mol. The molecule has 0 radical (unpaired) electrons. The minimum absolute atomic E-state index is 0.426. The maximum absolute atomic E-state index is 13.5. The van der Waals surface area contributed by atoms with Crippen LogP contribution in [0, 0.1) is 6.92 Å². The van der Waals surface area contributed by atoms with Gasteiger partial charge in [0.15, 0.2) is 18.1 Å². The SMILES string of the molecule is COc1ccc(C=C2CCCc3c2nc2ccccc2c3C(=O)OCC(=O)Nc2cccc(Cl)c2C)cc1OC. The largest absolute Gasteiger partial charge is 0.493 e. The van der Waals surface area contributed by atoms with Crippen LogP contribution in [0.4, 0.5) is 5.69 Å². The molecular formula is C32H29ClN2O5. The van der Waals surface area contributed by atoms with E-state index in [9.17, 15) is 9.59 Å². The Kier molecular flexibility index (Phi) is 8.03. The number of esters is 1. The number of carbonyl (C=O) groups is 2. The van der Waals surface area contributed by atoms with Crippen LogP contribution in [0.5, 0.6) is 11.5 Å². The second-order valence-corrected chi connectivity index (χ2v) is 9.91. The van der Waals surface area contributed by atoms with Gasteiger partial charge in [-0.05, 0) is 84.9 Å². The lowest BCUT2D eigenvalue weighted by Gasteiger charge is -2.22. The fourth-order valence-corrected chi connectivity index (χ4v) is 5.16. The van der Waals surface area contributed by atoms with E-state index in [1.807, 2.05) is 49.4 Å². The van der Waals surface area contributed by atoms with E-state index in [1.165, 1.54) is 0 Å². The lowest BCUT2D eigenvalue weighted by Crippen LogP contribution is -2.23. The lowest BCUT2D eigenvalue weighted by molar-refractivity contribution is -0.119. The molecule has 1 heterocycles. The number of para-hydroxylation sites is 1. The molecule has 8 heteroatoms. The Morgan fingerprint density at radius 3 is 2.60 bits per heavy atom. The van der Waals surface area contributed by atoms with Crippen molar-refractivity contribution in [2.24, 2.45) is 0 Å². The fraction of sp³-hybridized carbons (Fsp3) is 0.219. The smallest absolute Gasteiger partial charge is 0.339 e. The van der Waals surface area contributed by atoms with Crippen LogP contribution < -0.4 is 14.8 Å². The summed E-state index contributed by atoms with van der Waals surface area (Å²) >= 11 is 6.16. The van der Waals surface area contributed by atoms with Gasteiger partial charge in [0.25, 0.3) is 5.91 Å². The Morgan fingerprint density at radius 2 is 1.80 bits per heavy atom. The highest BCUT2D eigenvalue weighted by Crippen LogP contribution is 2.37. The lowest BCUT2D eigenvalue weighted by atomic mass is 9.86. The van der Waals surface area contributed by atoms with Gasteiger partial charge in [-0.2, -0.15) is 0 Å². The molecule has 0 fully saturated rings. The minimum atomic E-state index is -0.555. The Balaban J connectivity index is 1.47. The van der Waals surface area contributed by atoms with Crippen molar-refractivity contribution in [1.82, 2.24) is 4.98 Å². The van der Waals surface area contributed by atoms with Crippen molar-refractivity contribution >= 4 is 51.7 Å². The Bertz CT molecular complexity index is 1650. The van der Waals surface area contributed by atoms with Crippen molar-refractivity contribution in [1.29, 1.82) is 0 Å². The molecule has 0 aliphatic heterocycles. The number of nitrogens with one attached hydrogen (secondary N) is 1. The van der Waals surface area contributed by atoms with Crippen LogP contribution in [0.1, 0.15) is 45.6 Å². The van der Waals surface area contributed by atoms with Crippen molar-refractivity contribution in [3.63, 3.8) is 0 Å². The summed E-state index contributed by atoms with van der Waals surface area (Å²) < 4.78 is 16.4. The monoisotopic (exact) mass is 556 g/mol. The van der Waals surface area contributed by atoms with Crippen molar-refractivity contribution in [3.8, 4) is 11.5 Å². The molecule has 4 aromatic rings. The van der Waals surface area contributed by atoms with Gasteiger partial charge in [0.2, 0.25) is 0 Å². The number of pyridine rings is 1. The summed E-state index contributed by atoms with van der Waals surface area (Å²) in [7, 11) is 3.21. The number of rotatable bonds is 7. The molecule has 1 aromatic heterocycles. The van der Waals surface area contributed by atoms with Gasteiger partial charge in [0.1, 0.15) is 0 Å². The van der Waals surface area contributed by atoms with E-state index in [-0.39, 0.29) is 0 Å². The summed E-state index contributed by atoms with van der Waals surface area (Å²) in [5, 5.41) is 4.01. The zero-order chi connectivity index (χ0) is 28.2. The number of fused-ring (bicyclic) bond motifs is 2. The first-order chi connectivity index (χ1) is 19.4. The van der Waals surface area contributed by atoms with Crippen molar-refractivity contribution in [2.45, 2.75) is 26.2 Å². The molecule has 0 saturated carbocycles. The Hall–Kier alpha value is -4.36. The van der Waals surface area contributed by atoms with Crippen molar-refractivity contribution < 1.29 is 23.8 Å². The molecule has 40 heavy (non-hydrogen) atoms. The number of aromatic nitrogens is 1. The van der Waals surface area contributed by atoms with E-state index in [0.717, 1.165) is 40.8 Å². The molecule has 1 aliphatic rings. The van der Waals surface area contributed by atoms with Crippen LogP contribution in [0.2, 0.25) is 5.02 Å². The topological polar surface area (TPSA) is 86.8 Å². The number of nitrogens with zero attached hydrogens (tertiary/aromatic N) is 1. The number of allylic oxidation sites excluding steroid dienone is 1. The molecule has 5 rings (SSSR count). The molecule has 0 spiro atoms. The third kappa shape index (κ3) is 5.51. The van der Waals surface area contributed by atoms with E-state index in [0.29, 0.717) is 45.1 Å². The quantitative estimate of drug-likeness (QED) is 0.249. The average Bonchev–Trinajstić information content (AvgIpc) is 2.97. The van der Waals surface area contributed by atoms with Gasteiger partial charge in [-0.3, -0.25) is 4.79 Å². The summed E-state index contributed by atoms with van der Waals surface area (Å²) in [6.45, 7) is 1.39. The first-order valence-corrected chi connectivity index (χ1v) is 13.3. The number of carbonyl (C=O) groups excluding carboxylic acids is 2. The third-order valence-electron chi connectivity index (χ3n) is 7.00. The zero-order valence-corrected chi connectivity index (χ0v) is 23.3. The predicted molar refractivity (Wildman–Crippen MR) is 157 cm³/mol. The molecule has 1 aliphatic carbocycles. The van der Waals surface area contributed by atoms with Crippen LogP contribution in [0.3, 0.4) is 0 Å². The molecule has 0 saturated heterocycles. The van der Waals surface area contributed by atoms with Gasteiger partial charge in [-0.25, -0.2) is 9.78 Å². The number of halogens is 1. The van der Waals surface area contributed by atoms with Gasteiger partial charge >= 0.3 is 5.97 Å². The summed E-state index contributed by atoms with van der Waals surface area (Å²) in [6, 6.07) is 18.5. The molecule has 1 N–H and O–H groups in total. The molecule has 1 amide bonds. The van der Waals surface area contributed by atoms with Gasteiger partial charge < -0.3 is 19.5 Å². The van der Waals surface area contributed by atoms with Gasteiger partial charge in [-0.1, -0.05) is 41.9 Å². The summed E-state index contributed by atoms with van der Waals surface area (Å²) in [6.07, 6.45) is 4.40. The van der Waals surface area contributed by atoms with Crippen LogP contribution in [-0.4, -0.2) is 37.7 Å².